The first-order valence-corrected chi connectivity index (χ1v) is 18.4. The number of nitrogens with one attached hydrogen (secondary N) is 5. The molecular formula is C34H57N9O10. The molecule has 19 heteroatoms. The molecule has 0 bridgehead atoms. The summed E-state index contributed by atoms with van der Waals surface area (Å²) in [5.41, 5.74) is 10.9. The predicted octanol–water partition coefficient (Wildman–Crippen LogP) is -2.69. The van der Waals surface area contributed by atoms with Crippen molar-refractivity contribution in [3.8, 4) is 0 Å². The Morgan fingerprint density at radius 2 is 1.36 bits per heavy atom. The number of aliphatic hydroxyl groups is 2. The molecule has 2 saturated heterocycles. The lowest BCUT2D eigenvalue weighted by Crippen LogP contribution is -2.63. The number of amides is 6. The number of carbonyl (C=O) groups excluding carboxylic acids is 6. The first-order valence-electron chi connectivity index (χ1n) is 18.4. The van der Waals surface area contributed by atoms with Gasteiger partial charge in [-0.25, -0.2) is 0 Å². The number of guanidine groups is 1. The summed E-state index contributed by atoms with van der Waals surface area (Å²) < 4.78 is 0. The fourth-order valence-electron chi connectivity index (χ4n) is 6.96. The van der Waals surface area contributed by atoms with E-state index in [1.165, 1.54) is 11.8 Å². The lowest BCUT2D eigenvalue weighted by atomic mass is 9.83. The van der Waals surface area contributed by atoms with Crippen LogP contribution in [-0.4, -0.2) is 129 Å². The molecule has 19 nitrogen and oxygen atoms in total. The number of aliphatic hydroxyl groups excluding tert-OH is 2. The molecule has 0 unspecified atom stereocenters. The van der Waals surface area contributed by atoms with Crippen molar-refractivity contribution in [3.05, 3.63) is 0 Å². The first kappa shape index (κ1) is 42.9. The highest BCUT2D eigenvalue weighted by atomic mass is 16.4. The van der Waals surface area contributed by atoms with Gasteiger partial charge in [0.15, 0.2) is 5.96 Å². The van der Waals surface area contributed by atoms with E-state index < -0.39 is 109 Å². The van der Waals surface area contributed by atoms with Crippen LogP contribution >= 0.6 is 0 Å². The van der Waals surface area contributed by atoms with Crippen LogP contribution in [0.4, 0.5) is 0 Å². The second-order valence-corrected chi connectivity index (χ2v) is 14.6. The smallest absolute Gasteiger partial charge is 0.303 e. The van der Waals surface area contributed by atoms with E-state index in [2.05, 4.69) is 31.6 Å². The van der Waals surface area contributed by atoms with E-state index in [9.17, 15) is 48.9 Å². The zero-order chi connectivity index (χ0) is 39.4. The number of hydrogen-bond acceptors (Lipinski definition) is 10. The van der Waals surface area contributed by atoms with Gasteiger partial charge in [0.05, 0.1) is 12.2 Å². The highest BCUT2D eigenvalue weighted by Crippen LogP contribution is 2.28. The van der Waals surface area contributed by atoms with Gasteiger partial charge in [-0.05, 0) is 83.0 Å². The summed E-state index contributed by atoms with van der Waals surface area (Å²) in [6, 6.07) is -7.73. The third-order valence-corrected chi connectivity index (χ3v) is 10.0. The zero-order valence-corrected chi connectivity index (χ0v) is 30.7. The molecule has 7 atom stereocenters. The van der Waals surface area contributed by atoms with Gasteiger partial charge in [-0.1, -0.05) is 13.8 Å². The van der Waals surface area contributed by atoms with Gasteiger partial charge < -0.3 is 58.3 Å². The van der Waals surface area contributed by atoms with Crippen LogP contribution in [0.1, 0.15) is 91.4 Å². The number of rotatable bonds is 11. The van der Waals surface area contributed by atoms with Crippen molar-refractivity contribution in [1.82, 2.24) is 31.5 Å². The second kappa shape index (κ2) is 20.1. The molecule has 0 radical (unpaired) electrons. The van der Waals surface area contributed by atoms with Crippen LogP contribution < -0.4 is 38.1 Å². The van der Waals surface area contributed by atoms with Crippen molar-refractivity contribution in [1.29, 1.82) is 0 Å². The van der Waals surface area contributed by atoms with E-state index in [1.807, 2.05) is 0 Å². The summed E-state index contributed by atoms with van der Waals surface area (Å²) in [6.45, 7) is 4.89. The number of aliphatic carboxylic acids is 1. The molecule has 0 aromatic rings. The van der Waals surface area contributed by atoms with Crippen LogP contribution in [0, 0.1) is 11.8 Å². The molecule has 0 spiro atoms. The number of carbonyl (C=O) groups is 7. The zero-order valence-electron chi connectivity index (χ0n) is 30.7. The summed E-state index contributed by atoms with van der Waals surface area (Å²) in [5.74, 6) is -6.58. The summed E-state index contributed by atoms with van der Waals surface area (Å²) in [6.07, 6.45) is 0.428. The Kier molecular flexibility index (Phi) is 16.2. The summed E-state index contributed by atoms with van der Waals surface area (Å²) in [7, 11) is 0. The van der Waals surface area contributed by atoms with Crippen molar-refractivity contribution in [2.75, 3.05) is 13.1 Å². The van der Waals surface area contributed by atoms with E-state index >= 15 is 0 Å². The maximum absolute atomic E-state index is 14.1. The number of carboxylic acid groups (broad SMARTS) is 1. The first-order chi connectivity index (χ1) is 25.0. The van der Waals surface area contributed by atoms with Crippen molar-refractivity contribution in [2.45, 2.75) is 140 Å². The van der Waals surface area contributed by atoms with E-state index in [1.54, 1.807) is 13.8 Å². The molecule has 3 fully saturated rings. The number of nitrogens with two attached hydrogens (primary N) is 2. The Hall–Kier alpha value is -4.52. The minimum absolute atomic E-state index is 0.0297. The average molecular weight is 752 g/mol. The third-order valence-electron chi connectivity index (χ3n) is 10.0. The Balaban J connectivity index is 2.07. The van der Waals surface area contributed by atoms with Crippen LogP contribution in [0.3, 0.4) is 0 Å². The van der Waals surface area contributed by atoms with Gasteiger partial charge in [-0.15, -0.1) is 0 Å². The highest BCUT2D eigenvalue weighted by Gasteiger charge is 2.42. The number of hydrogen-bond donors (Lipinski definition) is 10. The molecule has 1 aliphatic carbocycles. The van der Waals surface area contributed by atoms with E-state index in [0.717, 1.165) is 0 Å². The number of carboxylic acids is 1. The summed E-state index contributed by atoms with van der Waals surface area (Å²) in [4.78, 5) is 99.8. The standard InChI is InChI=1S/C34H57N9O10/c1-17(2)26-33(53)43-15-5-7-24(43)31(51)40-23(16-19-8-10-20(45)11-9-19)30(50)38-21(6-4-14-37-34(35)36)28(48)39-22(12-13-25(46)47)29(49)42-27(18(3)44)32(52)41-26/h17-24,26-27,44-45H,4-16H2,1-3H3,(H,38,50)(H,39,48)(H,40,51)(H,41,52)(H,42,49)(H,46,47)(H4,35,36,37)/t18-,19?,20?,21-,22-,23-,24+,26+,27+/m0/s1. The lowest BCUT2D eigenvalue weighted by Gasteiger charge is -2.34. The predicted molar refractivity (Wildman–Crippen MR) is 190 cm³/mol. The molecule has 3 rings (SSSR count). The largest absolute Gasteiger partial charge is 0.481 e. The minimum Gasteiger partial charge on any atom is -0.481 e. The lowest BCUT2D eigenvalue weighted by molar-refractivity contribution is -0.144. The van der Waals surface area contributed by atoms with Gasteiger partial charge in [0, 0.05) is 19.5 Å². The Morgan fingerprint density at radius 1 is 0.792 bits per heavy atom. The maximum Gasteiger partial charge on any atom is 0.303 e. The van der Waals surface area contributed by atoms with Gasteiger partial charge >= 0.3 is 5.97 Å². The van der Waals surface area contributed by atoms with E-state index in [0.29, 0.717) is 38.5 Å². The molecule has 3 aliphatic rings. The number of nitrogens with zero attached hydrogens (tertiary/aromatic N) is 2. The van der Waals surface area contributed by atoms with Gasteiger partial charge in [0.2, 0.25) is 35.4 Å². The van der Waals surface area contributed by atoms with Gasteiger partial charge in [0.25, 0.3) is 0 Å². The van der Waals surface area contributed by atoms with Crippen molar-refractivity contribution >= 4 is 47.4 Å². The molecule has 53 heavy (non-hydrogen) atoms. The number of fused-ring (bicyclic) bond motifs is 1. The highest BCUT2D eigenvalue weighted by molar-refractivity contribution is 5.98. The molecule has 6 amide bonds. The topological polar surface area (TPSA) is 308 Å². The van der Waals surface area contributed by atoms with Crippen LogP contribution in [0.25, 0.3) is 0 Å². The van der Waals surface area contributed by atoms with Crippen LogP contribution in [0.5, 0.6) is 0 Å². The van der Waals surface area contributed by atoms with Crippen LogP contribution in [0.2, 0.25) is 0 Å². The van der Waals surface area contributed by atoms with Crippen molar-refractivity contribution in [3.63, 3.8) is 0 Å². The average Bonchev–Trinajstić information content (AvgIpc) is 3.58. The second-order valence-electron chi connectivity index (χ2n) is 14.6. The molecule has 0 aromatic carbocycles. The molecule has 2 heterocycles. The van der Waals surface area contributed by atoms with Crippen molar-refractivity contribution < 1.29 is 48.9 Å². The van der Waals surface area contributed by atoms with Crippen molar-refractivity contribution in [2.24, 2.45) is 28.3 Å². The van der Waals surface area contributed by atoms with Crippen LogP contribution in [0.15, 0.2) is 4.99 Å². The Labute approximate surface area is 308 Å². The summed E-state index contributed by atoms with van der Waals surface area (Å²) >= 11 is 0. The number of aliphatic imine (C=N–C) groups is 1. The molecule has 2 aliphatic heterocycles. The van der Waals surface area contributed by atoms with Gasteiger partial charge in [-0.2, -0.15) is 0 Å². The maximum atomic E-state index is 14.1. The van der Waals surface area contributed by atoms with E-state index in [4.69, 9.17) is 11.5 Å². The molecular weight excluding hydrogens is 694 g/mol. The fourth-order valence-corrected chi connectivity index (χ4v) is 6.96. The molecule has 298 valence electrons. The van der Waals surface area contributed by atoms with Crippen LogP contribution in [-0.2, 0) is 33.6 Å². The van der Waals surface area contributed by atoms with Gasteiger partial charge in [0.1, 0.15) is 36.3 Å². The SMILES string of the molecule is CC(C)[C@H]1NC(=O)[C@@H]([C@H](C)O)NC(=O)[C@H](CCC(=O)O)NC(=O)[C@H](CCCN=C(N)N)NC(=O)[C@H](CC2CCC(O)CC2)NC(=O)[C@H]2CCCN2C1=O. The monoisotopic (exact) mass is 751 g/mol. The molecule has 12 N–H and O–H groups in total. The Morgan fingerprint density at radius 3 is 1.94 bits per heavy atom. The third kappa shape index (κ3) is 12.8. The molecule has 0 aromatic heterocycles. The fraction of sp³-hybridized carbons (Fsp3) is 0.765. The summed E-state index contributed by atoms with van der Waals surface area (Å²) in [5, 5.41) is 43.0. The molecule has 1 saturated carbocycles. The van der Waals surface area contributed by atoms with Gasteiger partial charge in [-0.3, -0.25) is 38.6 Å². The quantitative estimate of drug-likeness (QED) is 0.0587. The van der Waals surface area contributed by atoms with E-state index in [-0.39, 0.29) is 44.2 Å². The normalized spacial score (nSPS) is 30.1. The Bertz CT molecular complexity index is 1360. The minimum atomic E-state index is -1.62.